The fourth-order valence-electron chi connectivity index (χ4n) is 1.76. The standard InChI is InChI=1S/C13H25N3/c1-12(2)6-4-5-8-14-9-7-13-10-15-16(3)11-13/h10-12,14H,4-9H2,1-3H3. The van der Waals surface area contributed by atoms with E-state index in [1.54, 1.807) is 0 Å². The van der Waals surface area contributed by atoms with Gasteiger partial charge in [0.25, 0.3) is 0 Å². The van der Waals surface area contributed by atoms with Crippen LogP contribution in [-0.4, -0.2) is 22.9 Å². The molecule has 0 atom stereocenters. The summed E-state index contributed by atoms with van der Waals surface area (Å²) in [7, 11) is 1.96. The number of nitrogens with one attached hydrogen (secondary N) is 1. The summed E-state index contributed by atoms with van der Waals surface area (Å²) in [5, 5.41) is 7.63. The Morgan fingerprint density at radius 1 is 1.31 bits per heavy atom. The Morgan fingerprint density at radius 3 is 2.75 bits per heavy atom. The predicted molar refractivity (Wildman–Crippen MR) is 68.5 cm³/mol. The van der Waals surface area contributed by atoms with E-state index < -0.39 is 0 Å². The van der Waals surface area contributed by atoms with Crippen LogP contribution < -0.4 is 5.32 Å². The molecule has 0 aliphatic heterocycles. The van der Waals surface area contributed by atoms with Crippen molar-refractivity contribution < 1.29 is 0 Å². The molecule has 0 saturated carbocycles. The maximum absolute atomic E-state index is 4.15. The Kier molecular flexibility index (Phi) is 6.16. The number of unbranched alkanes of at least 4 members (excludes halogenated alkanes) is 1. The molecule has 92 valence electrons. The quantitative estimate of drug-likeness (QED) is 0.686. The molecule has 0 unspecified atom stereocenters. The summed E-state index contributed by atoms with van der Waals surface area (Å²) in [5.41, 5.74) is 1.32. The summed E-state index contributed by atoms with van der Waals surface area (Å²) in [6.07, 6.45) is 9.10. The maximum Gasteiger partial charge on any atom is 0.0522 e. The van der Waals surface area contributed by atoms with Crippen molar-refractivity contribution in [3.8, 4) is 0 Å². The number of hydrogen-bond donors (Lipinski definition) is 1. The van der Waals surface area contributed by atoms with Gasteiger partial charge in [-0.25, -0.2) is 0 Å². The molecule has 0 amide bonds. The van der Waals surface area contributed by atoms with Crippen molar-refractivity contribution in [3.63, 3.8) is 0 Å². The molecule has 1 rings (SSSR count). The van der Waals surface area contributed by atoms with Gasteiger partial charge in [-0.05, 0) is 37.4 Å². The first kappa shape index (κ1) is 13.2. The highest BCUT2D eigenvalue weighted by Crippen LogP contribution is 2.05. The van der Waals surface area contributed by atoms with Crippen molar-refractivity contribution in [1.82, 2.24) is 15.1 Å². The van der Waals surface area contributed by atoms with Crippen LogP contribution in [0.5, 0.6) is 0 Å². The average Bonchev–Trinajstić information content (AvgIpc) is 2.62. The highest BCUT2D eigenvalue weighted by atomic mass is 15.2. The largest absolute Gasteiger partial charge is 0.316 e. The minimum absolute atomic E-state index is 0.843. The van der Waals surface area contributed by atoms with Crippen molar-refractivity contribution >= 4 is 0 Å². The molecule has 0 spiro atoms. The van der Waals surface area contributed by atoms with Crippen molar-refractivity contribution in [2.75, 3.05) is 13.1 Å². The molecular weight excluding hydrogens is 198 g/mol. The van der Waals surface area contributed by atoms with Crippen molar-refractivity contribution in [3.05, 3.63) is 18.0 Å². The van der Waals surface area contributed by atoms with E-state index in [1.807, 2.05) is 17.9 Å². The topological polar surface area (TPSA) is 29.9 Å². The third-order valence-electron chi connectivity index (χ3n) is 2.73. The molecule has 3 heteroatoms. The van der Waals surface area contributed by atoms with Crippen LogP contribution in [0.1, 0.15) is 38.7 Å². The van der Waals surface area contributed by atoms with E-state index in [1.165, 1.54) is 24.8 Å². The molecule has 1 aromatic rings. The zero-order chi connectivity index (χ0) is 11.8. The normalized spacial score (nSPS) is 11.2. The van der Waals surface area contributed by atoms with Crippen LogP contribution in [0, 0.1) is 5.92 Å². The van der Waals surface area contributed by atoms with Gasteiger partial charge in [0, 0.05) is 13.2 Å². The number of nitrogens with zero attached hydrogens (tertiary/aromatic N) is 2. The molecule has 1 heterocycles. The summed E-state index contributed by atoms with van der Waals surface area (Å²) in [6, 6.07) is 0. The Morgan fingerprint density at radius 2 is 2.12 bits per heavy atom. The van der Waals surface area contributed by atoms with E-state index in [0.717, 1.165) is 25.4 Å². The van der Waals surface area contributed by atoms with Gasteiger partial charge in [-0.2, -0.15) is 5.10 Å². The van der Waals surface area contributed by atoms with Crippen molar-refractivity contribution in [1.29, 1.82) is 0 Å². The van der Waals surface area contributed by atoms with Crippen LogP contribution in [-0.2, 0) is 13.5 Å². The molecule has 0 aliphatic rings. The van der Waals surface area contributed by atoms with Gasteiger partial charge in [0.1, 0.15) is 0 Å². The monoisotopic (exact) mass is 223 g/mol. The predicted octanol–water partition coefficient (Wildman–Crippen LogP) is 2.38. The molecule has 0 aliphatic carbocycles. The van der Waals surface area contributed by atoms with Gasteiger partial charge < -0.3 is 5.32 Å². The van der Waals surface area contributed by atoms with Crippen LogP contribution in [0.3, 0.4) is 0 Å². The van der Waals surface area contributed by atoms with Gasteiger partial charge in [-0.3, -0.25) is 4.68 Å². The Hall–Kier alpha value is -0.830. The number of hydrogen-bond acceptors (Lipinski definition) is 2. The van der Waals surface area contributed by atoms with Crippen LogP contribution in [0.25, 0.3) is 0 Å². The van der Waals surface area contributed by atoms with Gasteiger partial charge >= 0.3 is 0 Å². The second-order valence-electron chi connectivity index (χ2n) is 4.91. The van der Waals surface area contributed by atoms with Crippen LogP contribution in [0.2, 0.25) is 0 Å². The van der Waals surface area contributed by atoms with Crippen LogP contribution in [0.15, 0.2) is 12.4 Å². The maximum atomic E-state index is 4.15. The average molecular weight is 223 g/mol. The van der Waals surface area contributed by atoms with E-state index >= 15 is 0 Å². The highest BCUT2D eigenvalue weighted by Gasteiger charge is 1.96. The molecule has 0 aromatic carbocycles. The Balaban J connectivity index is 1.92. The molecule has 3 nitrogen and oxygen atoms in total. The third kappa shape index (κ3) is 5.91. The lowest BCUT2D eigenvalue weighted by Crippen LogP contribution is -2.18. The molecular formula is C13H25N3. The summed E-state index contributed by atoms with van der Waals surface area (Å²) in [4.78, 5) is 0. The summed E-state index contributed by atoms with van der Waals surface area (Å²) in [6.45, 7) is 6.78. The Bertz CT molecular complexity index is 278. The van der Waals surface area contributed by atoms with Crippen LogP contribution in [0.4, 0.5) is 0 Å². The molecule has 16 heavy (non-hydrogen) atoms. The molecule has 0 fully saturated rings. The first-order valence-corrected chi connectivity index (χ1v) is 6.36. The summed E-state index contributed by atoms with van der Waals surface area (Å²) in [5.74, 6) is 0.843. The van der Waals surface area contributed by atoms with E-state index in [-0.39, 0.29) is 0 Å². The molecule has 0 radical (unpaired) electrons. The zero-order valence-corrected chi connectivity index (χ0v) is 10.9. The molecule has 0 saturated heterocycles. The minimum atomic E-state index is 0.843. The molecule has 0 bridgehead atoms. The third-order valence-corrected chi connectivity index (χ3v) is 2.73. The smallest absolute Gasteiger partial charge is 0.0522 e. The van der Waals surface area contributed by atoms with E-state index in [2.05, 4.69) is 30.5 Å². The highest BCUT2D eigenvalue weighted by molar-refractivity contribution is 5.03. The van der Waals surface area contributed by atoms with Gasteiger partial charge in [-0.1, -0.05) is 26.7 Å². The molecule has 1 aromatic heterocycles. The SMILES string of the molecule is CC(C)CCCCNCCc1cnn(C)c1. The second kappa shape index (κ2) is 7.44. The van der Waals surface area contributed by atoms with Crippen molar-refractivity contribution in [2.45, 2.75) is 39.5 Å². The summed E-state index contributed by atoms with van der Waals surface area (Å²) >= 11 is 0. The minimum Gasteiger partial charge on any atom is -0.316 e. The van der Waals surface area contributed by atoms with E-state index in [4.69, 9.17) is 0 Å². The lowest BCUT2D eigenvalue weighted by atomic mass is 10.1. The lowest BCUT2D eigenvalue weighted by Gasteiger charge is -2.05. The zero-order valence-electron chi connectivity index (χ0n) is 10.9. The molecule has 1 N–H and O–H groups in total. The Labute approximate surface area is 99.2 Å². The van der Waals surface area contributed by atoms with E-state index in [9.17, 15) is 0 Å². The first-order valence-electron chi connectivity index (χ1n) is 6.36. The second-order valence-corrected chi connectivity index (χ2v) is 4.91. The fourth-order valence-corrected chi connectivity index (χ4v) is 1.76. The number of aryl methyl sites for hydroxylation is 1. The van der Waals surface area contributed by atoms with E-state index in [0.29, 0.717) is 0 Å². The lowest BCUT2D eigenvalue weighted by molar-refractivity contribution is 0.521. The van der Waals surface area contributed by atoms with Gasteiger partial charge in [-0.15, -0.1) is 0 Å². The van der Waals surface area contributed by atoms with Gasteiger partial charge in [0.05, 0.1) is 6.20 Å². The fraction of sp³-hybridized carbons (Fsp3) is 0.769. The first-order chi connectivity index (χ1) is 7.68. The van der Waals surface area contributed by atoms with Gasteiger partial charge in [0.2, 0.25) is 0 Å². The van der Waals surface area contributed by atoms with Gasteiger partial charge in [0.15, 0.2) is 0 Å². The number of aromatic nitrogens is 2. The van der Waals surface area contributed by atoms with Crippen molar-refractivity contribution in [2.24, 2.45) is 13.0 Å². The summed E-state index contributed by atoms with van der Waals surface area (Å²) < 4.78 is 1.86. The van der Waals surface area contributed by atoms with Crippen LogP contribution >= 0.6 is 0 Å². The number of rotatable bonds is 8.